The van der Waals surface area contributed by atoms with Crippen molar-refractivity contribution < 1.29 is 33.0 Å². The minimum absolute atomic E-state index is 0.0166. The lowest BCUT2D eigenvalue weighted by atomic mass is 10.1. The van der Waals surface area contributed by atoms with Crippen LogP contribution in [0.2, 0.25) is 0 Å². The van der Waals surface area contributed by atoms with Crippen LogP contribution in [-0.2, 0) is 20.9 Å². The van der Waals surface area contributed by atoms with E-state index in [1.54, 1.807) is 36.4 Å². The van der Waals surface area contributed by atoms with E-state index >= 15 is 0 Å². The van der Waals surface area contributed by atoms with E-state index in [2.05, 4.69) is 5.32 Å². The fraction of sp³-hybridized carbons (Fsp3) is 0.185. The first-order chi connectivity index (χ1) is 17.4. The van der Waals surface area contributed by atoms with Gasteiger partial charge in [-0.05, 0) is 66.2 Å². The average molecular weight is 490 g/mol. The molecule has 0 spiro atoms. The number of ether oxygens (including phenoxy) is 2. The number of benzene rings is 3. The summed E-state index contributed by atoms with van der Waals surface area (Å²) in [4.78, 5) is 51.0. The molecule has 0 saturated carbocycles. The molecule has 8 nitrogen and oxygen atoms in total. The lowest BCUT2D eigenvalue weighted by Gasteiger charge is -2.16. The molecular formula is C27H23FN2O6. The molecule has 3 aromatic carbocycles. The lowest BCUT2D eigenvalue weighted by molar-refractivity contribution is -0.121. The Morgan fingerprint density at radius 3 is 2.22 bits per heavy atom. The van der Waals surface area contributed by atoms with E-state index < -0.39 is 24.5 Å². The van der Waals surface area contributed by atoms with Crippen molar-refractivity contribution in [1.29, 1.82) is 0 Å². The number of hydrogen-bond donors (Lipinski definition) is 1. The zero-order chi connectivity index (χ0) is 25.7. The summed E-state index contributed by atoms with van der Waals surface area (Å²) in [6.07, 6.45) is -0.0166. The van der Waals surface area contributed by atoms with E-state index in [4.69, 9.17) is 9.47 Å². The summed E-state index contributed by atoms with van der Waals surface area (Å²) in [6, 6.07) is 17.4. The van der Waals surface area contributed by atoms with Gasteiger partial charge in [0.2, 0.25) is 5.91 Å². The Hall–Kier alpha value is -4.37. The standard InChI is InChI=1S/C27H23FN2O6/c1-35-22-12-6-18(7-13-22)24(31)16-36-27(34)19-4-10-21(11-5-19)30-25(32)14-23(26(30)33)29-15-17-2-8-20(28)9-3-17/h2-13,23,29H,14-16H2,1H3. The number of carbonyl (C=O) groups is 4. The summed E-state index contributed by atoms with van der Waals surface area (Å²) in [5.74, 6) is -1.61. The molecule has 1 atom stereocenters. The molecule has 1 fully saturated rings. The number of rotatable bonds is 9. The van der Waals surface area contributed by atoms with Crippen LogP contribution >= 0.6 is 0 Å². The normalized spacial score (nSPS) is 15.2. The number of halogens is 1. The number of amides is 2. The molecule has 36 heavy (non-hydrogen) atoms. The van der Waals surface area contributed by atoms with E-state index in [-0.39, 0.29) is 29.5 Å². The van der Waals surface area contributed by atoms with Crippen molar-refractivity contribution in [2.45, 2.75) is 19.0 Å². The molecule has 2 amide bonds. The maximum Gasteiger partial charge on any atom is 0.338 e. The Balaban J connectivity index is 1.33. The summed E-state index contributed by atoms with van der Waals surface area (Å²) >= 11 is 0. The molecule has 0 aliphatic carbocycles. The van der Waals surface area contributed by atoms with Crippen LogP contribution in [0.5, 0.6) is 5.75 Å². The molecule has 9 heteroatoms. The zero-order valence-electron chi connectivity index (χ0n) is 19.4. The van der Waals surface area contributed by atoms with Crippen molar-refractivity contribution in [3.8, 4) is 5.75 Å². The summed E-state index contributed by atoms with van der Waals surface area (Å²) in [6.45, 7) is -0.130. The zero-order valence-corrected chi connectivity index (χ0v) is 19.4. The highest BCUT2D eigenvalue weighted by atomic mass is 19.1. The third kappa shape index (κ3) is 5.64. The lowest BCUT2D eigenvalue weighted by Crippen LogP contribution is -2.38. The van der Waals surface area contributed by atoms with Crippen molar-refractivity contribution in [2.24, 2.45) is 0 Å². The van der Waals surface area contributed by atoms with Gasteiger partial charge in [0, 0.05) is 12.1 Å². The molecule has 3 aromatic rings. The van der Waals surface area contributed by atoms with Crippen molar-refractivity contribution >= 4 is 29.3 Å². The SMILES string of the molecule is COc1ccc(C(=O)COC(=O)c2ccc(N3C(=O)CC(NCc4ccc(F)cc4)C3=O)cc2)cc1. The number of Topliss-reactive ketones (excluding diaryl/α,β-unsaturated/α-hetero) is 1. The number of imide groups is 1. The van der Waals surface area contributed by atoms with Gasteiger partial charge in [-0.3, -0.25) is 14.4 Å². The second kappa shape index (κ2) is 10.9. The smallest absolute Gasteiger partial charge is 0.338 e. The number of hydrogen-bond acceptors (Lipinski definition) is 7. The van der Waals surface area contributed by atoms with E-state index in [1.165, 1.54) is 43.5 Å². The molecule has 184 valence electrons. The van der Waals surface area contributed by atoms with Crippen LogP contribution in [0.3, 0.4) is 0 Å². The quantitative estimate of drug-likeness (QED) is 0.279. The minimum atomic E-state index is -0.712. The summed E-state index contributed by atoms with van der Waals surface area (Å²) in [5.41, 5.74) is 1.66. The van der Waals surface area contributed by atoms with E-state index in [0.29, 0.717) is 23.5 Å². The number of esters is 1. The van der Waals surface area contributed by atoms with Gasteiger partial charge in [0.1, 0.15) is 11.6 Å². The highest BCUT2D eigenvalue weighted by Crippen LogP contribution is 2.24. The summed E-state index contributed by atoms with van der Waals surface area (Å²) < 4.78 is 23.2. The van der Waals surface area contributed by atoms with Gasteiger partial charge >= 0.3 is 5.97 Å². The number of methoxy groups -OCH3 is 1. The Morgan fingerprint density at radius 1 is 0.944 bits per heavy atom. The minimum Gasteiger partial charge on any atom is -0.497 e. The number of nitrogens with zero attached hydrogens (tertiary/aromatic N) is 1. The van der Waals surface area contributed by atoms with Crippen molar-refractivity contribution in [1.82, 2.24) is 5.32 Å². The van der Waals surface area contributed by atoms with Gasteiger partial charge in [-0.2, -0.15) is 0 Å². The van der Waals surface area contributed by atoms with Gasteiger partial charge in [-0.25, -0.2) is 14.1 Å². The molecule has 1 N–H and O–H groups in total. The molecule has 1 saturated heterocycles. The van der Waals surface area contributed by atoms with Crippen LogP contribution in [0.25, 0.3) is 0 Å². The molecule has 1 unspecified atom stereocenters. The van der Waals surface area contributed by atoms with E-state index in [9.17, 15) is 23.6 Å². The first-order valence-electron chi connectivity index (χ1n) is 11.1. The number of anilines is 1. The highest BCUT2D eigenvalue weighted by molar-refractivity contribution is 6.22. The molecule has 4 rings (SSSR count). The van der Waals surface area contributed by atoms with Gasteiger partial charge in [0.15, 0.2) is 12.4 Å². The maximum atomic E-state index is 13.1. The van der Waals surface area contributed by atoms with Crippen LogP contribution in [0.1, 0.15) is 32.7 Å². The average Bonchev–Trinajstić information content (AvgIpc) is 3.19. The number of ketones is 1. The molecule has 0 aromatic heterocycles. The predicted molar refractivity (Wildman–Crippen MR) is 128 cm³/mol. The molecule has 1 aliphatic heterocycles. The Kier molecular flexibility index (Phi) is 7.50. The molecule has 0 radical (unpaired) electrons. The van der Waals surface area contributed by atoms with Gasteiger partial charge in [-0.15, -0.1) is 0 Å². The topological polar surface area (TPSA) is 102 Å². The van der Waals surface area contributed by atoms with Gasteiger partial charge in [-0.1, -0.05) is 12.1 Å². The predicted octanol–water partition coefficient (Wildman–Crippen LogP) is 3.30. The fourth-order valence-corrected chi connectivity index (χ4v) is 3.73. The number of carbonyl (C=O) groups excluding carboxylic acids is 4. The monoisotopic (exact) mass is 490 g/mol. The van der Waals surface area contributed by atoms with Crippen LogP contribution in [0.4, 0.5) is 10.1 Å². The highest BCUT2D eigenvalue weighted by Gasteiger charge is 2.39. The molecular weight excluding hydrogens is 467 g/mol. The van der Waals surface area contributed by atoms with Crippen LogP contribution in [0, 0.1) is 5.82 Å². The summed E-state index contributed by atoms with van der Waals surface area (Å²) in [5, 5.41) is 3.03. The summed E-state index contributed by atoms with van der Waals surface area (Å²) in [7, 11) is 1.52. The molecule has 1 heterocycles. The third-order valence-electron chi connectivity index (χ3n) is 5.72. The van der Waals surface area contributed by atoms with Crippen LogP contribution < -0.4 is 15.0 Å². The van der Waals surface area contributed by atoms with Crippen molar-refractivity contribution in [3.05, 3.63) is 95.3 Å². The Morgan fingerprint density at radius 2 is 1.58 bits per heavy atom. The Labute approximate surface area is 206 Å². The molecule has 1 aliphatic rings. The van der Waals surface area contributed by atoms with Gasteiger partial charge < -0.3 is 14.8 Å². The maximum absolute atomic E-state index is 13.1. The van der Waals surface area contributed by atoms with E-state index in [0.717, 1.165) is 10.5 Å². The van der Waals surface area contributed by atoms with Crippen molar-refractivity contribution in [2.75, 3.05) is 18.6 Å². The first-order valence-corrected chi connectivity index (χ1v) is 11.1. The van der Waals surface area contributed by atoms with Crippen molar-refractivity contribution in [3.63, 3.8) is 0 Å². The second-order valence-electron chi connectivity index (χ2n) is 8.11. The first kappa shape index (κ1) is 24.7. The Bertz CT molecular complexity index is 1270. The largest absolute Gasteiger partial charge is 0.497 e. The van der Waals surface area contributed by atoms with E-state index in [1.807, 2.05) is 0 Å². The number of nitrogens with one attached hydrogen (secondary N) is 1. The van der Waals surface area contributed by atoms with Crippen LogP contribution in [-0.4, -0.2) is 43.3 Å². The van der Waals surface area contributed by atoms with Gasteiger partial charge in [0.25, 0.3) is 5.91 Å². The van der Waals surface area contributed by atoms with Gasteiger partial charge in [0.05, 0.1) is 30.8 Å². The second-order valence-corrected chi connectivity index (χ2v) is 8.11. The molecule has 0 bridgehead atoms. The third-order valence-corrected chi connectivity index (χ3v) is 5.72. The fourth-order valence-electron chi connectivity index (χ4n) is 3.73. The van der Waals surface area contributed by atoms with Crippen LogP contribution in [0.15, 0.2) is 72.8 Å².